The number of hydrogen-bond donors (Lipinski definition) is 1. The normalized spacial score (nSPS) is 20.5. The Bertz CT molecular complexity index is 749. The molecule has 2 aliphatic rings. The summed E-state index contributed by atoms with van der Waals surface area (Å²) < 4.78 is 14.1. The fourth-order valence-corrected chi connectivity index (χ4v) is 4.34. The van der Waals surface area contributed by atoms with Gasteiger partial charge in [0.05, 0.1) is 5.60 Å². The lowest BCUT2D eigenvalue weighted by Crippen LogP contribution is -2.42. The summed E-state index contributed by atoms with van der Waals surface area (Å²) in [6, 6.07) is 15.3. The third-order valence-electron chi connectivity index (χ3n) is 5.89. The minimum Gasteiger partial charge on any atom is -0.385 e. The molecule has 2 saturated heterocycles. The molecule has 0 amide bonds. The van der Waals surface area contributed by atoms with Crippen molar-refractivity contribution >= 4 is 5.69 Å². The molecule has 0 saturated carbocycles. The Labute approximate surface area is 155 Å². The average molecular weight is 354 g/mol. The first-order chi connectivity index (χ1) is 12.7. The highest BCUT2D eigenvalue weighted by molar-refractivity contribution is 5.54. The number of rotatable bonds is 4. The Kier molecular flexibility index (Phi) is 4.96. The second-order valence-corrected chi connectivity index (χ2v) is 7.61. The molecule has 2 fully saturated rings. The number of hydrogen-bond acceptors (Lipinski definition) is 3. The van der Waals surface area contributed by atoms with E-state index in [2.05, 4.69) is 34.1 Å². The van der Waals surface area contributed by atoms with Crippen LogP contribution in [0, 0.1) is 5.82 Å². The van der Waals surface area contributed by atoms with E-state index in [4.69, 9.17) is 0 Å². The summed E-state index contributed by atoms with van der Waals surface area (Å²) in [5.74, 6) is -0.303. The van der Waals surface area contributed by atoms with Crippen LogP contribution >= 0.6 is 0 Å². The van der Waals surface area contributed by atoms with Crippen LogP contribution in [-0.2, 0) is 12.1 Å². The molecular weight excluding hydrogens is 327 g/mol. The van der Waals surface area contributed by atoms with Gasteiger partial charge in [0.2, 0.25) is 0 Å². The number of benzene rings is 2. The van der Waals surface area contributed by atoms with Crippen LogP contribution in [-0.4, -0.2) is 36.2 Å². The molecule has 4 heteroatoms. The Morgan fingerprint density at radius 1 is 0.885 bits per heavy atom. The van der Waals surface area contributed by atoms with Gasteiger partial charge in [0.25, 0.3) is 0 Å². The summed E-state index contributed by atoms with van der Waals surface area (Å²) in [5, 5.41) is 11.0. The highest BCUT2D eigenvalue weighted by Crippen LogP contribution is 2.35. The van der Waals surface area contributed by atoms with Gasteiger partial charge in [-0.3, -0.25) is 4.90 Å². The molecule has 26 heavy (non-hydrogen) atoms. The fraction of sp³-hybridized carbons (Fsp3) is 0.455. The lowest BCUT2D eigenvalue weighted by molar-refractivity contribution is -0.0302. The van der Waals surface area contributed by atoms with Crippen molar-refractivity contribution in [2.24, 2.45) is 0 Å². The molecule has 138 valence electrons. The molecule has 0 atom stereocenters. The third kappa shape index (κ3) is 3.49. The lowest BCUT2D eigenvalue weighted by atomic mass is 9.84. The molecule has 0 aliphatic carbocycles. The summed E-state index contributed by atoms with van der Waals surface area (Å²) in [6.45, 7) is 4.73. The molecule has 3 nitrogen and oxygen atoms in total. The molecule has 2 aliphatic heterocycles. The van der Waals surface area contributed by atoms with E-state index in [9.17, 15) is 9.50 Å². The van der Waals surface area contributed by atoms with Crippen molar-refractivity contribution in [3.8, 4) is 0 Å². The van der Waals surface area contributed by atoms with Crippen LogP contribution in [0.2, 0.25) is 0 Å². The molecule has 0 aromatic heterocycles. The Morgan fingerprint density at radius 3 is 2.27 bits per heavy atom. The number of halogens is 1. The van der Waals surface area contributed by atoms with Crippen molar-refractivity contribution in [1.82, 2.24) is 4.90 Å². The monoisotopic (exact) mass is 354 g/mol. The highest BCUT2D eigenvalue weighted by atomic mass is 19.1. The lowest BCUT2D eigenvalue weighted by Gasteiger charge is -2.39. The van der Waals surface area contributed by atoms with Gasteiger partial charge in [0.1, 0.15) is 5.82 Å². The topological polar surface area (TPSA) is 26.7 Å². The van der Waals surface area contributed by atoms with Crippen LogP contribution in [0.25, 0.3) is 0 Å². The van der Waals surface area contributed by atoms with Gasteiger partial charge in [0, 0.05) is 44.0 Å². The van der Waals surface area contributed by atoms with Crippen molar-refractivity contribution in [2.45, 2.75) is 37.8 Å². The molecule has 2 heterocycles. The Morgan fingerprint density at radius 2 is 1.54 bits per heavy atom. The Hall–Kier alpha value is -1.91. The SMILES string of the molecule is OC1(c2ccccc2F)CCN(Cc2ccccc2N2CCCC2)CC1. The van der Waals surface area contributed by atoms with E-state index in [1.54, 1.807) is 18.2 Å². The average Bonchev–Trinajstić information content (AvgIpc) is 3.19. The van der Waals surface area contributed by atoms with Gasteiger partial charge in [-0.05, 0) is 43.4 Å². The molecule has 2 aromatic rings. The van der Waals surface area contributed by atoms with Gasteiger partial charge in [-0.2, -0.15) is 0 Å². The molecule has 0 bridgehead atoms. The van der Waals surface area contributed by atoms with Crippen LogP contribution in [0.1, 0.15) is 36.8 Å². The summed E-state index contributed by atoms with van der Waals surface area (Å²) in [7, 11) is 0. The van der Waals surface area contributed by atoms with Crippen LogP contribution < -0.4 is 4.90 Å². The number of anilines is 1. The fourth-order valence-electron chi connectivity index (χ4n) is 4.34. The van der Waals surface area contributed by atoms with Crippen LogP contribution in [0.5, 0.6) is 0 Å². The molecule has 1 N–H and O–H groups in total. The largest absolute Gasteiger partial charge is 0.385 e. The number of likely N-dealkylation sites (tertiary alicyclic amines) is 1. The van der Waals surface area contributed by atoms with E-state index in [1.165, 1.54) is 30.2 Å². The molecule has 2 aromatic carbocycles. The predicted octanol–water partition coefficient (Wildman–Crippen LogP) is 3.91. The predicted molar refractivity (Wildman–Crippen MR) is 103 cm³/mol. The molecule has 4 rings (SSSR count). The van der Waals surface area contributed by atoms with Gasteiger partial charge < -0.3 is 10.0 Å². The number of nitrogens with zero attached hydrogens (tertiary/aromatic N) is 2. The molecule has 0 unspecified atom stereocenters. The first-order valence-electron chi connectivity index (χ1n) is 9.68. The van der Waals surface area contributed by atoms with Crippen molar-refractivity contribution in [1.29, 1.82) is 0 Å². The van der Waals surface area contributed by atoms with Crippen LogP contribution in [0.3, 0.4) is 0 Å². The van der Waals surface area contributed by atoms with Crippen molar-refractivity contribution in [3.63, 3.8) is 0 Å². The van der Waals surface area contributed by atoms with Crippen molar-refractivity contribution in [2.75, 3.05) is 31.1 Å². The minimum absolute atomic E-state index is 0.303. The summed E-state index contributed by atoms with van der Waals surface area (Å²) in [6.07, 6.45) is 3.68. The van der Waals surface area contributed by atoms with E-state index in [0.717, 1.165) is 32.7 Å². The van der Waals surface area contributed by atoms with Crippen LogP contribution in [0.15, 0.2) is 48.5 Å². The molecule has 0 spiro atoms. The van der Waals surface area contributed by atoms with Gasteiger partial charge in [-0.15, -0.1) is 0 Å². The van der Waals surface area contributed by atoms with E-state index in [0.29, 0.717) is 18.4 Å². The summed E-state index contributed by atoms with van der Waals surface area (Å²) in [4.78, 5) is 4.86. The van der Waals surface area contributed by atoms with Crippen LogP contribution in [0.4, 0.5) is 10.1 Å². The maximum atomic E-state index is 14.1. The van der Waals surface area contributed by atoms with E-state index >= 15 is 0 Å². The van der Waals surface area contributed by atoms with E-state index in [-0.39, 0.29) is 5.82 Å². The minimum atomic E-state index is -1.05. The van der Waals surface area contributed by atoms with E-state index in [1.807, 2.05) is 0 Å². The zero-order valence-corrected chi connectivity index (χ0v) is 15.2. The standard InChI is InChI=1S/C22H27FN2O/c23-20-9-3-2-8-19(20)22(26)11-15-24(16-12-22)17-18-7-1-4-10-21(18)25-13-5-6-14-25/h1-4,7-10,26H,5-6,11-17H2. The third-order valence-corrected chi connectivity index (χ3v) is 5.89. The second kappa shape index (κ2) is 7.37. The zero-order chi connectivity index (χ0) is 18.0. The molecule has 0 radical (unpaired) electrons. The Balaban J connectivity index is 1.44. The second-order valence-electron chi connectivity index (χ2n) is 7.61. The van der Waals surface area contributed by atoms with Gasteiger partial charge in [0.15, 0.2) is 0 Å². The van der Waals surface area contributed by atoms with Crippen molar-refractivity contribution in [3.05, 3.63) is 65.5 Å². The van der Waals surface area contributed by atoms with Gasteiger partial charge >= 0.3 is 0 Å². The maximum Gasteiger partial charge on any atom is 0.129 e. The van der Waals surface area contributed by atoms with E-state index < -0.39 is 5.60 Å². The zero-order valence-electron chi connectivity index (χ0n) is 15.2. The van der Waals surface area contributed by atoms with Gasteiger partial charge in [-0.1, -0.05) is 36.4 Å². The van der Waals surface area contributed by atoms with Gasteiger partial charge in [-0.25, -0.2) is 4.39 Å². The summed E-state index contributed by atoms with van der Waals surface area (Å²) in [5.41, 5.74) is 2.10. The first-order valence-corrected chi connectivity index (χ1v) is 9.68. The quantitative estimate of drug-likeness (QED) is 0.902. The first kappa shape index (κ1) is 17.5. The number of aliphatic hydroxyl groups is 1. The smallest absolute Gasteiger partial charge is 0.129 e. The summed E-state index contributed by atoms with van der Waals surface area (Å²) >= 11 is 0. The highest BCUT2D eigenvalue weighted by Gasteiger charge is 2.36. The van der Waals surface area contributed by atoms with Crippen molar-refractivity contribution < 1.29 is 9.50 Å². The number of para-hydroxylation sites is 1. The molecular formula is C22H27FN2O. The maximum absolute atomic E-state index is 14.1. The number of piperidine rings is 1.